The van der Waals surface area contributed by atoms with Gasteiger partial charge in [0.1, 0.15) is 48.7 Å². The summed E-state index contributed by atoms with van der Waals surface area (Å²) >= 11 is 0. The zero-order chi connectivity index (χ0) is 54.2. The van der Waals surface area contributed by atoms with Gasteiger partial charge in [0.15, 0.2) is 0 Å². The summed E-state index contributed by atoms with van der Waals surface area (Å²) in [4.78, 5) is 29.1. The number of methoxy groups -OCH3 is 2. The van der Waals surface area contributed by atoms with Gasteiger partial charge in [-0.15, -0.1) is 0 Å². The second-order valence-corrected chi connectivity index (χ2v) is 22.0. The summed E-state index contributed by atoms with van der Waals surface area (Å²) in [5.74, 6) is -0.668. The predicted molar refractivity (Wildman–Crippen MR) is 260 cm³/mol. The number of ether oxygens (including phenoxy) is 4. The molecule has 0 N–H and O–H groups in total. The first-order valence-corrected chi connectivity index (χ1v) is 26.7. The van der Waals surface area contributed by atoms with Gasteiger partial charge >= 0.3 is 12.4 Å². The number of rotatable bonds is 12. The molecular weight excluding hydrogens is 1050 g/mol. The van der Waals surface area contributed by atoms with Crippen molar-refractivity contribution in [1.29, 1.82) is 0 Å². The lowest BCUT2D eigenvalue weighted by atomic mass is 9.97. The lowest BCUT2D eigenvalue weighted by Crippen LogP contribution is -2.62. The van der Waals surface area contributed by atoms with E-state index in [4.69, 9.17) is 28.0 Å². The number of hydrogen-bond donors (Lipinski definition) is 0. The summed E-state index contributed by atoms with van der Waals surface area (Å²) in [6.45, 7) is -0.0650. The van der Waals surface area contributed by atoms with Crippen LogP contribution in [0.5, 0.6) is 11.5 Å². The predicted octanol–water partition coefficient (Wildman–Crippen LogP) is 7.41. The van der Waals surface area contributed by atoms with E-state index >= 15 is 0 Å². The Morgan fingerprint density at radius 1 is 0.566 bits per heavy atom. The van der Waals surface area contributed by atoms with Crippen molar-refractivity contribution in [2.45, 2.75) is 61.0 Å². The highest BCUT2D eigenvalue weighted by atomic mass is 32.2. The molecule has 2 amide bonds. The van der Waals surface area contributed by atoms with Crippen molar-refractivity contribution in [3.8, 4) is 33.8 Å². The van der Waals surface area contributed by atoms with Gasteiger partial charge in [-0.1, -0.05) is 46.7 Å². The summed E-state index contributed by atoms with van der Waals surface area (Å²) in [5.41, 5.74) is 1.59. The molecule has 4 saturated heterocycles. The lowest BCUT2D eigenvalue weighted by molar-refractivity contribution is -0.138. The standard InChI is InChI=1S/2C25H24F3N3O6S/c2*1-35-22-12-17(16-3-2-4-18(11-16)25(26,27)28)5-6-20(22)31-21-7-9-30(13-23(21)36-14-24(31)32)38(33,34)15-19-8-10-37-29-19/h2*2-6,8,10-12,21,23H,7,9,13-15H2,1H3/t2*21-,23-/m10/s1. The van der Waals surface area contributed by atoms with Crippen LogP contribution in [0, 0.1) is 0 Å². The van der Waals surface area contributed by atoms with Crippen molar-refractivity contribution in [2.24, 2.45) is 0 Å². The summed E-state index contributed by atoms with van der Waals surface area (Å²) in [6.07, 6.45) is -6.89. The lowest BCUT2D eigenvalue weighted by Gasteiger charge is -2.46. The molecule has 6 aromatic rings. The number of nitrogens with zero attached hydrogens (tertiary/aromatic N) is 6. The van der Waals surface area contributed by atoms with Crippen molar-refractivity contribution in [2.75, 3.05) is 63.4 Å². The maximum absolute atomic E-state index is 13.2. The Morgan fingerprint density at radius 2 is 0.961 bits per heavy atom. The third kappa shape index (κ3) is 11.6. The molecule has 0 aliphatic carbocycles. The van der Waals surface area contributed by atoms with Crippen LogP contribution < -0.4 is 19.3 Å². The summed E-state index contributed by atoms with van der Waals surface area (Å²) in [7, 11) is -4.56. The van der Waals surface area contributed by atoms with Gasteiger partial charge in [-0.25, -0.2) is 16.8 Å². The Labute approximate surface area is 431 Å². The topological polar surface area (TPSA) is 204 Å². The van der Waals surface area contributed by atoms with Crippen LogP contribution >= 0.6 is 0 Å². The molecule has 0 saturated carbocycles. The van der Waals surface area contributed by atoms with Crippen molar-refractivity contribution in [3.05, 3.63) is 132 Å². The fourth-order valence-corrected chi connectivity index (χ4v) is 12.6. The van der Waals surface area contributed by atoms with Crippen LogP contribution in [0.15, 0.2) is 119 Å². The van der Waals surface area contributed by atoms with Crippen LogP contribution in [0.2, 0.25) is 0 Å². The number of benzene rings is 4. The molecule has 76 heavy (non-hydrogen) atoms. The number of fused-ring (bicyclic) bond motifs is 2. The molecule has 4 atom stereocenters. The zero-order valence-electron chi connectivity index (χ0n) is 40.4. The zero-order valence-corrected chi connectivity index (χ0v) is 42.1. The Kier molecular flexibility index (Phi) is 15.4. The van der Waals surface area contributed by atoms with E-state index in [1.54, 1.807) is 58.3 Å². The third-order valence-electron chi connectivity index (χ3n) is 13.4. The highest BCUT2D eigenvalue weighted by Crippen LogP contribution is 2.42. The first-order chi connectivity index (χ1) is 36.1. The van der Waals surface area contributed by atoms with E-state index in [1.807, 2.05) is 0 Å². The number of amides is 2. The van der Waals surface area contributed by atoms with Crippen LogP contribution in [0.4, 0.5) is 37.7 Å². The molecule has 2 aromatic heterocycles. The van der Waals surface area contributed by atoms with E-state index in [2.05, 4.69) is 10.3 Å². The molecule has 6 heterocycles. The number of sulfonamides is 2. The number of piperidine rings is 2. The second kappa shape index (κ2) is 21.7. The van der Waals surface area contributed by atoms with Crippen molar-refractivity contribution < 1.29 is 80.8 Å². The molecule has 18 nitrogen and oxygen atoms in total. The molecule has 0 unspecified atom stereocenters. The molecule has 0 bridgehead atoms. The normalized spacial score (nSPS) is 20.8. The molecule has 4 aromatic carbocycles. The smallest absolute Gasteiger partial charge is 0.416 e. The number of anilines is 2. The Bertz CT molecular complexity index is 3070. The molecule has 0 radical (unpaired) electrons. The molecule has 26 heteroatoms. The number of halogens is 6. The van der Waals surface area contributed by atoms with Crippen LogP contribution in [0.3, 0.4) is 0 Å². The number of aromatic nitrogens is 2. The molecule has 404 valence electrons. The summed E-state index contributed by atoms with van der Waals surface area (Å²) < 4.78 is 166. The summed E-state index contributed by atoms with van der Waals surface area (Å²) in [6, 6.07) is 21.6. The van der Waals surface area contributed by atoms with E-state index in [-0.39, 0.29) is 62.7 Å². The van der Waals surface area contributed by atoms with Crippen LogP contribution in [-0.2, 0) is 63.0 Å². The minimum absolute atomic E-state index is 0.0548. The van der Waals surface area contributed by atoms with E-state index in [0.717, 1.165) is 24.3 Å². The Balaban J connectivity index is 0.000000186. The number of morpholine rings is 2. The van der Waals surface area contributed by atoms with Gasteiger partial charge in [-0.3, -0.25) is 9.59 Å². The van der Waals surface area contributed by atoms with E-state index in [0.29, 0.717) is 69.4 Å². The molecule has 10 rings (SSSR count). The van der Waals surface area contributed by atoms with Crippen molar-refractivity contribution >= 4 is 43.2 Å². The molecular formula is C50H48F6N6O12S2. The second-order valence-electron chi connectivity index (χ2n) is 18.1. The van der Waals surface area contributed by atoms with Gasteiger partial charge < -0.3 is 37.8 Å². The molecule has 4 aliphatic rings. The minimum atomic E-state index is -4.48. The van der Waals surface area contributed by atoms with Crippen LogP contribution in [0.25, 0.3) is 22.3 Å². The van der Waals surface area contributed by atoms with Gasteiger partial charge in [0.05, 0.1) is 72.4 Å². The van der Waals surface area contributed by atoms with Gasteiger partial charge in [0, 0.05) is 38.3 Å². The maximum Gasteiger partial charge on any atom is 0.416 e. The van der Waals surface area contributed by atoms with Crippen LogP contribution in [0.1, 0.15) is 35.4 Å². The highest BCUT2D eigenvalue weighted by molar-refractivity contribution is 7.88. The molecule has 0 spiro atoms. The SMILES string of the molecule is COc1cc(-c2cccc(C(F)(F)F)c2)ccc1N1C(=O)CO[C@@H]2CN(S(=O)(=O)Cc3ccon3)CC[C@H]21.COc1cc(-c2cccc(C(F)(F)F)c2)ccc1N1C(=O)CO[C@H]2CN(S(=O)(=O)Cc3ccon3)CC[C@@H]21. The van der Waals surface area contributed by atoms with Crippen molar-refractivity contribution in [1.82, 2.24) is 18.9 Å². The fraction of sp³-hybridized carbons (Fsp3) is 0.360. The fourth-order valence-electron chi connectivity index (χ4n) is 9.71. The molecule has 4 fully saturated rings. The Hall–Kier alpha value is -6.84. The van der Waals surface area contributed by atoms with E-state index in [1.165, 1.54) is 59.6 Å². The number of carbonyl (C=O) groups excluding carboxylic acids is 2. The number of hydrogen-bond acceptors (Lipinski definition) is 14. The Morgan fingerprint density at radius 3 is 1.32 bits per heavy atom. The van der Waals surface area contributed by atoms with Crippen molar-refractivity contribution in [3.63, 3.8) is 0 Å². The van der Waals surface area contributed by atoms with Gasteiger partial charge in [0.25, 0.3) is 11.8 Å². The number of carbonyl (C=O) groups is 2. The minimum Gasteiger partial charge on any atom is -0.495 e. The van der Waals surface area contributed by atoms with Crippen LogP contribution in [-0.4, -0.2) is 125 Å². The number of alkyl halides is 6. The third-order valence-corrected chi connectivity index (χ3v) is 16.9. The average Bonchev–Trinajstić information content (AvgIpc) is 4.18. The first kappa shape index (κ1) is 54.0. The van der Waals surface area contributed by atoms with Gasteiger partial charge in [0.2, 0.25) is 20.0 Å². The maximum atomic E-state index is 13.2. The molecule has 4 aliphatic heterocycles. The van der Waals surface area contributed by atoms with E-state index < -0.39 is 67.8 Å². The quantitative estimate of drug-likeness (QED) is 0.110. The van der Waals surface area contributed by atoms with E-state index in [9.17, 15) is 52.8 Å². The summed E-state index contributed by atoms with van der Waals surface area (Å²) in [5, 5.41) is 7.34. The highest BCUT2D eigenvalue weighted by Gasteiger charge is 2.46. The monoisotopic (exact) mass is 1100 g/mol. The van der Waals surface area contributed by atoms with Gasteiger partial charge in [-0.2, -0.15) is 35.0 Å². The first-order valence-electron chi connectivity index (χ1n) is 23.5. The van der Waals surface area contributed by atoms with Gasteiger partial charge in [-0.05, 0) is 83.6 Å². The average molecular weight is 1100 g/mol. The largest absolute Gasteiger partial charge is 0.495 e.